The Bertz CT molecular complexity index is 792. The maximum atomic E-state index is 11.8. The predicted octanol–water partition coefficient (Wildman–Crippen LogP) is -0.304. The summed E-state index contributed by atoms with van der Waals surface area (Å²) in [4.78, 5) is 21.2. The first kappa shape index (κ1) is 17.2. The quantitative estimate of drug-likeness (QED) is 0.442. The standard InChI is InChI=1S/C13H17N4O6P/c1-2-23-24(21)5-22-11-8(17-13(20)10(11)18)6-3-14-9-7(6)15-4-16-12(9)19/h3-4,8,10-11,13,17-18,20H,2,5H2,1H3,(H-,14,15,16,19)/p+1. The molecule has 0 bridgehead atoms. The van der Waals surface area contributed by atoms with E-state index in [2.05, 4.69) is 20.3 Å². The van der Waals surface area contributed by atoms with Gasteiger partial charge in [-0.25, -0.2) is 4.98 Å². The smallest absolute Gasteiger partial charge is 0.386 e. The minimum Gasteiger partial charge on any atom is -0.386 e. The summed E-state index contributed by atoms with van der Waals surface area (Å²) in [6, 6.07) is -0.636. The molecule has 3 rings (SSSR count). The molecule has 5 N–H and O–H groups in total. The van der Waals surface area contributed by atoms with Crippen molar-refractivity contribution in [3.8, 4) is 0 Å². The molecule has 5 unspecified atom stereocenters. The van der Waals surface area contributed by atoms with Crippen LogP contribution in [0, 0.1) is 0 Å². The third-order valence-corrected chi connectivity index (χ3v) is 4.72. The van der Waals surface area contributed by atoms with Crippen molar-refractivity contribution in [1.82, 2.24) is 20.3 Å². The van der Waals surface area contributed by atoms with Gasteiger partial charge in [-0.1, -0.05) is 0 Å². The van der Waals surface area contributed by atoms with Gasteiger partial charge in [-0.3, -0.25) is 10.1 Å². The summed E-state index contributed by atoms with van der Waals surface area (Å²) in [6.45, 7) is 1.99. The molecule has 0 spiro atoms. The number of rotatable bonds is 6. The van der Waals surface area contributed by atoms with E-state index in [1.54, 1.807) is 13.1 Å². The molecule has 1 aliphatic rings. The van der Waals surface area contributed by atoms with Crippen molar-refractivity contribution in [3.05, 3.63) is 28.4 Å². The Morgan fingerprint density at radius 1 is 1.38 bits per heavy atom. The van der Waals surface area contributed by atoms with Gasteiger partial charge in [0.25, 0.3) is 11.9 Å². The lowest BCUT2D eigenvalue weighted by molar-refractivity contribution is -0.0481. The molecular weight excluding hydrogens is 339 g/mol. The van der Waals surface area contributed by atoms with Gasteiger partial charge in [0.2, 0.25) is 0 Å². The first-order valence-corrected chi connectivity index (χ1v) is 8.75. The van der Waals surface area contributed by atoms with Crippen LogP contribution in [0.25, 0.3) is 11.0 Å². The van der Waals surface area contributed by atoms with Gasteiger partial charge in [0.05, 0.1) is 19.0 Å². The molecule has 130 valence electrons. The number of hydrogen-bond donors (Lipinski definition) is 5. The van der Waals surface area contributed by atoms with Gasteiger partial charge in [0, 0.05) is 11.8 Å². The second-order valence-corrected chi connectivity index (χ2v) is 6.47. The zero-order valence-corrected chi connectivity index (χ0v) is 13.7. The molecule has 2 aromatic rings. The number of nitrogens with zero attached hydrogens (tertiary/aromatic N) is 1. The maximum Gasteiger partial charge on any atom is 0.537 e. The summed E-state index contributed by atoms with van der Waals surface area (Å²) in [7, 11) is -2.02. The van der Waals surface area contributed by atoms with E-state index >= 15 is 0 Å². The topological polar surface area (TPSA) is 150 Å². The van der Waals surface area contributed by atoms with Crippen LogP contribution in [0.3, 0.4) is 0 Å². The zero-order valence-electron chi connectivity index (χ0n) is 12.8. The molecule has 11 heteroatoms. The zero-order chi connectivity index (χ0) is 17.3. The fourth-order valence-corrected chi connectivity index (χ4v) is 3.41. The highest BCUT2D eigenvalue weighted by atomic mass is 31.1. The van der Waals surface area contributed by atoms with E-state index in [1.165, 1.54) is 6.33 Å². The third-order valence-electron chi connectivity index (χ3n) is 3.82. The fourth-order valence-electron chi connectivity index (χ4n) is 2.75. The molecule has 0 aromatic carbocycles. The largest absolute Gasteiger partial charge is 0.537 e. The molecule has 0 aliphatic carbocycles. The van der Waals surface area contributed by atoms with E-state index in [9.17, 15) is 19.6 Å². The van der Waals surface area contributed by atoms with Crippen LogP contribution >= 0.6 is 8.03 Å². The molecule has 1 fully saturated rings. The van der Waals surface area contributed by atoms with E-state index in [0.29, 0.717) is 11.1 Å². The van der Waals surface area contributed by atoms with Crippen LogP contribution in [0.2, 0.25) is 0 Å². The number of hydrogen-bond acceptors (Lipinski definition) is 8. The van der Waals surface area contributed by atoms with Gasteiger partial charge >= 0.3 is 8.03 Å². The normalized spacial score (nSPS) is 27.7. The molecule has 2 aromatic heterocycles. The highest BCUT2D eigenvalue weighted by Crippen LogP contribution is 2.34. The van der Waals surface area contributed by atoms with E-state index in [-0.39, 0.29) is 24.0 Å². The van der Waals surface area contributed by atoms with Crippen molar-refractivity contribution in [1.29, 1.82) is 0 Å². The minimum atomic E-state index is -2.02. The van der Waals surface area contributed by atoms with Gasteiger partial charge in [-0.15, -0.1) is 4.52 Å². The first-order valence-electron chi connectivity index (χ1n) is 7.39. The van der Waals surface area contributed by atoms with Crippen molar-refractivity contribution in [2.24, 2.45) is 0 Å². The number of nitrogens with one attached hydrogen (secondary N) is 3. The number of H-pyrrole nitrogens is 2. The van der Waals surface area contributed by atoms with Gasteiger partial charge in [-0.2, -0.15) is 0 Å². The molecule has 10 nitrogen and oxygen atoms in total. The number of aromatic amines is 2. The molecule has 1 aliphatic heterocycles. The Morgan fingerprint density at radius 3 is 2.92 bits per heavy atom. The lowest BCUT2D eigenvalue weighted by Gasteiger charge is -2.18. The van der Waals surface area contributed by atoms with Crippen LogP contribution in [-0.4, -0.2) is 56.6 Å². The van der Waals surface area contributed by atoms with E-state index in [4.69, 9.17) is 9.26 Å². The summed E-state index contributed by atoms with van der Waals surface area (Å²) in [5.41, 5.74) is 0.912. The highest BCUT2D eigenvalue weighted by molar-refractivity contribution is 7.38. The van der Waals surface area contributed by atoms with E-state index < -0.39 is 32.5 Å². The second-order valence-electron chi connectivity index (χ2n) is 5.29. The average molecular weight is 357 g/mol. The average Bonchev–Trinajstić information content (AvgIpc) is 3.09. The molecular formula is C13H18N4O6P+. The maximum absolute atomic E-state index is 11.8. The summed E-state index contributed by atoms with van der Waals surface area (Å²) >= 11 is 0. The molecule has 24 heavy (non-hydrogen) atoms. The Balaban J connectivity index is 1.87. The number of aromatic nitrogens is 3. The summed E-state index contributed by atoms with van der Waals surface area (Å²) < 4.78 is 22.0. The summed E-state index contributed by atoms with van der Waals surface area (Å²) in [6.07, 6.45) is -0.713. The molecule has 0 radical (unpaired) electrons. The third kappa shape index (κ3) is 3.12. The number of aliphatic hydroxyl groups is 2. The molecule has 3 heterocycles. The molecule has 0 amide bonds. The van der Waals surface area contributed by atoms with Crippen LogP contribution in [0.1, 0.15) is 18.5 Å². The second kappa shape index (κ2) is 7.06. The SMILES string of the molecule is CCO[P+](=O)COC1C(c2c[nH]c3c(=O)[nH]cnc23)NC(O)C1O. The Morgan fingerprint density at radius 2 is 2.17 bits per heavy atom. The van der Waals surface area contributed by atoms with Gasteiger partial charge in [0.15, 0.2) is 0 Å². The lowest BCUT2D eigenvalue weighted by Crippen LogP contribution is -2.33. The minimum absolute atomic E-state index is 0.216. The summed E-state index contributed by atoms with van der Waals surface area (Å²) in [5, 5.41) is 22.8. The van der Waals surface area contributed by atoms with E-state index in [1.807, 2.05) is 0 Å². The van der Waals surface area contributed by atoms with Crippen molar-refractivity contribution in [2.75, 3.05) is 13.0 Å². The number of aliphatic hydroxyl groups excluding tert-OH is 2. The van der Waals surface area contributed by atoms with Crippen LogP contribution in [0.4, 0.5) is 0 Å². The van der Waals surface area contributed by atoms with Crippen LogP contribution in [0.15, 0.2) is 17.3 Å². The van der Waals surface area contributed by atoms with Crippen molar-refractivity contribution < 1.29 is 24.0 Å². The van der Waals surface area contributed by atoms with Crippen molar-refractivity contribution >= 4 is 19.1 Å². The number of fused-ring (bicyclic) bond motifs is 1. The Labute approximate surface area is 137 Å². The fraction of sp³-hybridized carbons (Fsp3) is 0.538. The Kier molecular flexibility index (Phi) is 5.04. The van der Waals surface area contributed by atoms with Crippen molar-refractivity contribution in [3.63, 3.8) is 0 Å². The van der Waals surface area contributed by atoms with Gasteiger partial charge < -0.3 is 24.9 Å². The van der Waals surface area contributed by atoms with Crippen LogP contribution in [-0.2, 0) is 13.8 Å². The predicted molar refractivity (Wildman–Crippen MR) is 83.6 cm³/mol. The van der Waals surface area contributed by atoms with E-state index in [0.717, 1.165) is 0 Å². The lowest BCUT2D eigenvalue weighted by atomic mass is 10.0. The summed E-state index contributed by atoms with van der Waals surface area (Å²) in [5.74, 6) is 0. The highest BCUT2D eigenvalue weighted by Gasteiger charge is 2.45. The van der Waals surface area contributed by atoms with Gasteiger partial charge in [0.1, 0.15) is 29.5 Å². The molecule has 1 saturated heterocycles. The monoisotopic (exact) mass is 357 g/mol. The van der Waals surface area contributed by atoms with Crippen LogP contribution < -0.4 is 10.9 Å². The van der Waals surface area contributed by atoms with Crippen molar-refractivity contribution in [2.45, 2.75) is 31.4 Å². The first-order chi connectivity index (χ1) is 11.5. The number of ether oxygens (including phenoxy) is 1. The van der Waals surface area contributed by atoms with Crippen LogP contribution in [0.5, 0.6) is 0 Å². The molecule has 5 atom stereocenters. The van der Waals surface area contributed by atoms with Gasteiger partial charge in [-0.05, 0) is 11.5 Å². The Hall–Kier alpha value is -1.68. The molecule has 0 saturated carbocycles.